The Balaban J connectivity index is 2.01. The molecule has 3 rings (SSSR count). The van der Waals surface area contributed by atoms with Gasteiger partial charge in [0.25, 0.3) is 5.91 Å². The molecule has 0 radical (unpaired) electrons. The third kappa shape index (κ3) is 3.89. The molecule has 7 nitrogen and oxygen atoms in total. The molecule has 0 unspecified atom stereocenters. The standard InChI is InChI=1S/C20H20N4O3S/c1-3-11-23(14-16-9-7-15(13-21)8-10-16)19(25)18-17-6-4-5-12-24(17)20(22-18)28(2,26)27/h4-10,12H,3,11,14H2,1-2H3. The Hall–Kier alpha value is -3.18. The Morgan fingerprint density at radius 1 is 1.21 bits per heavy atom. The van der Waals surface area contributed by atoms with Crippen molar-refractivity contribution in [2.24, 2.45) is 0 Å². The molecule has 1 amide bonds. The molecule has 1 aromatic carbocycles. The summed E-state index contributed by atoms with van der Waals surface area (Å²) in [6.07, 6.45) is 3.40. The highest BCUT2D eigenvalue weighted by atomic mass is 32.2. The highest BCUT2D eigenvalue weighted by Crippen LogP contribution is 2.20. The van der Waals surface area contributed by atoms with E-state index in [0.29, 0.717) is 24.2 Å². The van der Waals surface area contributed by atoms with Crippen molar-refractivity contribution >= 4 is 21.3 Å². The number of hydrogen-bond acceptors (Lipinski definition) is 5. The molecule has 0 aliphatic heterocycles. The first-order valence-corrected chi connectivity index (χ1v) is 10.7. The first-order chi connectivity index (χ1) is 13.3. The van der Waals surface area contributed by atoms with E-state index in [2.05, 4.69) is 11.1 Å². The van der Waals surface area contributed by atoms with E-state index in [1.807, 2.05) is 19.1 Å². The molecule has 0 N–H and O–H groups in total. The van der Waals surface area contributed by atoms with Crippen molar-refractivity contribution in [2.45, 2.75) is 25.0 Å². The van der Waals surface area contributed by atoms with E-state index in [1.54, 1.807) is 41.4 Å². The molecule has 0 aliphatic rings. The maximum Gasteiger partial charge on any atom is 0.275 e. The lowest BCUT2D eigenvalue weighted by Crippen LogP contribution is -2.31. The number of imidazole rings is 1. The summed E-state index contributed by atoms with van der Waals surface area (Å²) < 4.78 is 25.6. The van der Waals surface area contributed by atoms with Crippen molar-refractivity contribution in [1.29, 1.82) is 5.26 Å². The fourth-order valence-corrected chi connectivity index (χ4v) is 3.78. The molecular formula is C20H20N4O3S. The number of carbonyl (C=O) groups is 1. The number of benzene rings is 1. The summed E-state index contributed by atoms with van der Waals surface area (Å²) in [6, 6.07) is 14.2. The second-order valence-electron chi connectivity index (χ2n) is 6.51. The van der Waals surface area contributed by atoms with Gasteiger partial charge < -0.3 is 4.90 Å². The number of aromatic nitrogens is 2. The lowest BCUT2D eigenvalue weighted by Gasteiger charge is -2.21. The number of fused-ring (bicyclic) bond motifs is 1. The highest BCUT2D eigenvalue weighted by molar-refractivity contribution is 7.90. The normalized spacial score (nSPS) is 11.3. The molecule has 0 aliphatic carbocycles. The Morgan fingerprint density at radius 2 is 1.93 bits per heavy atom. The molecule has 8 heteroatoms. The second kappa shape index (κ2) is 7.82. The molecule has 0 spiro atoms. The molecule has 2 aromatic heterocycles. The zero-order chi connectivity index (χ0) is 20.3. The van der Waals surface area contributed by atoms with Crippen molar-refractivity contribution in [3.8, 4) is 6.07 Å². The van der Waals surface area contributed by atoms with Gasteiger partial charge in [0, 0.05) is 25.5 Å². The predicted octanol–water partition coefficient (Wildman–Crippen LogP) is 2.66. The van der Waals surface area contributed by atoms with E-state index in [4.69, 9.17) is 5.26 Å². The van der Waals surface area contributed by atoms with Gasteiger partial charge in [-0.2, -0.15) is 5.26 Å². The number of amides is 1. The van der Waals surface area contributed by atoms with E-state index in [1.165, 1.54) is 4.40 Å². The number of pyridine rings is 1. The number of hydrogen-bond donors (Lipinski definition) is 0. The molecule has 0 fully saturated rings. The minimum Gasteiger partial charge on any atom is -0.333 e. The Bertz CT molecular complexity index is 1160. The first kappa shape index (κ1) is 19.6. The van der Waals surface area contributed by atoms with E-state index < -0.39 is 9.84 Å². The average molecular weight is 396 g/mol. The maximum absolute atomic E-state index is 13.2. The van der Waals surface area contributed by atoms with E-state index in [0.717, 1.165) is 18.2 Å². The van der Waals surface area contributed by atoms with Crippen LogP contribution in [0.25, 0.3) is 5.52 Å². The molecule has 0 saturated heterocycles. The molecule has 3 aromatic rings. The van der Waals surface area contributed by atoms with Gasteiger partial charge in [0.15, 0.2) is 5.69 Å². The monoisotopic (exact) mass is 396 g/mol. The van der Waals surface area contributed by atoms with Gasteiger partial charge in [-0.15, -0.1) is 0 Å². The van der Waals surface area contributed by atoms with Crippen LogP contribution >= 0.6 is 0 Å². The van der Waals surface area contributed by atoms with Crippen molar-refractivity contribution < 1.29 is 13.2 Å². The fraction of sp³-hybridized carbons (Fsp3) is 0.250. The van der Waals surface area contributed by atoms with Crippen LogP contribution in [0, 0.1) is 11.3 Å². The summed E-state index contributed by atoms with van der Waals surface area (Å²) >= 11 is 0. The summed E-state index contributed by atoms with van der Waals surface area (Å²) in [7, 11) is -3.60. The van der Waals surface area contributed by atoms with Gasteiger partial charge >= 0.3 is 0 Å². The van der Waals surface area contributed by atoms with Crippen molar-refractivity contribution in [2.75, 3.05) is 12.8 Å². The first-order valence-electron chi connectivity index (χ1n) is 8.80. The zero-order valence-corrected chi connectivity index (χ0v) is 16.5. The Morgan fingerprint density at radius 3 is 2.54 bits per heavy atom. The lowest BCUT2D eigenvalue weighted by molar-refractivity contribution is 0.0739. The third-order valence-corrected chi connectivity index (χ3v) is 5.24. The summed E-state index contributed by atoms with van der Waals surface area (Å²) in [5.74, 6) is -0.329. The summed E-state index contributed by atoms with van der Waals surface area (Å²) in [6.45, 7) is 2.81. The molecule has 0 saturated carbocycles. The summed E-state index contributed by atoms with van der Waals surface area (Å²) in [4.78, 5) is 19.0. The van der Waals surface area contributed by atoms with Gasteiger partial charge in [0.1, 0.15) is 0 Å². The van der Waals surface area contributed by atoms with Crippen LogP contribution in [-0.4, -0.2) is 41.4 Å². The van der Waals surface area contributed by atoms with E-state index in [-0.39, 0.29) is 16.8 Å². The largest absolute Gasteiger partial charge is 0.333 e. The van der Waals surface area contributed by atoms with Crippen LogP contribution < -0.4 is 0 Å². The van der Waals surface area contributed by atoms with Gasteiger partial charge in [-0.05, 0) is 36.2 Å². The molecule has 2 heterocycles. The highest BCUT2D eigenvalue weighted by Gasteiger charge is 2.26. The number of nitrogens with zero attached hydrogens (tertiary/aromatic N) is 4. The van der Waals surface area contributed by atoms with E-state index in [9.17, 15) is 13.2 Å². The number of nitriles is 1. The van der Waals surface area contributed by atoms with Gasteiger partial charge in [-0.3, -0.25) is 9.20 Å². The van der Waals surface area contributed by atoms with Crippen LogP contribution in [0.3, 0.4) is 0 Å². The van der Waals surface area contributed by atoms with Crippen LogP contribution in [0.1, 0.15) is 35.0 Å². The zero-order valence-electron chi connectivity index (χ0n) is 15.7. The molecule has 28 heavy (non-hydrogen) atoms. The maximum atomic E-state index is 13.2. The van der Waals surface area contributed by atoms with Gasteiger partial charge in [-0.25, -0.2) is 13.4 Å². The predicted molar refractivity (Wildman–Crippen MR) is 104 cm³/mol. The number of sulfone groups is 1. The van der Waals surface area contributed by atoms with E-state index >= 15 is 0 Å². The van der Waals surface area contributed by atoms with Crippen LogP contribution in [0.2, 0.25) is 0 Å². The molecular weight excluding hydrogens is 376 g/mol. The van der Waals surface area contributed by atoms with Crippen LogP contribution in [0.5, 0.6) is 0 Å². The summed E-state index contributed by atoms with van der Waals surface area (Å²) in [5.41, 5.74) is 2.00. The SMILES string of the molecule is CCCN(Cc1ccc(C#N)cc1)C(=O)c1nc(S(C)(=O)=O)n2ccccc12. The van der Waals surface area contributed by atoms with Gasteiger partial charge in [-0.1, -0.05) is 25.1 Å². The van der Waals surface area contributed by atoms with Crippen LogP contribution in [0.4, 0.5) is 0 Å². The lowest BCUT2D eigenvalue weighted by atomic mass is 10.1. The quantitative estimate of drug-likeness (QED) is 0.638. The minimum atomic E-state index is -3.60. The van der Waals surface area contributed by atoms with Gasteiger partial charge in [0.05, 0.1) is 17.1 Å². The molecule has 0 bridgehead atoms. The second-order valence-corrected chi connectivity index (χ2v) is 8.42. The molecule has 144 valence electrons. The Kier molecular flexibility index (Phi) is 5.47. The van der Waals surface area contributed by atoms with Gasteiger partial charge in [0.2, 0.25) is 15.0 Å². The van der Waals surface area contributed by atoms with Crippen molar-refractivity contribution in [3.05, 3.63) is 65.5 Å². The Labute approximate surface area is 163 Å². The minimum absolute atomic E-state index is 0.114. The smallest absolute Gasteiger partial charge is 0.275 e. The molecule has 0 atom stereocenters. The number of carbonyl (C=O) groups excluding carboxylic acids is 1. The third-order valence-electron chi connectivity index (χ3n) is 4.29. The average Bonchev–Trinajstić information content (AvgIpc) is 3.08. The topological polar surface area (TPSA) is 95.5 Å². The van der Waals surface area contributed by atoms with Crippen molar-refractivity contribution in [1.82, 2.24) is 14.3 Å². The van der Waals surface area contributed by atoms with Crippen LogP contribution in [0.15, 0.2) is 53.8 Å². The fourth-order valence-electron chi connectivity index (χ4n) is 3.01. The number of rotatable bonds is 6. The summed E-state index contributed by atoms with van der Waals surface area (Å²) in [5, 5.41) is 8.77. The van der Waals surface area contributed by atoms with Crippen molar-refractivity contribution in [3.63, 3.8) is 0 Å². The van der Waals surface area contributed by atoms with Crippen LogP contribution in [-0.2, 0) is 16.4 Å².